The predicted octanol–water partition coefficient (Wildman–Crippen LogP) is 3.92. The van der Waals surface area contributed by atoms with E-state index in [1.165, 1.54) is 20.5 Å². The van der Waals surface area contributed by atoms with Gasteiger partial charge in [-0.25, -0.2) is 13.4 Å². The minimum atomic E-state index is -3.29. The molecule has 0 spiro atoms. The van der Waals surface area contributed by atoms with E-state index in [-0.39, 0.29) is 12.3 Å². The summed E-state index contributed by atoms with van der Waals surface area (Å²) >= 11 is 3.15. The first-order valence-corrected chi connectivity index (χ1v) is 12.9. The molecule has 1 N–H and O–H groups in total. The number of benzene rings is 1. The van der Waals surface area contributed by atoms with Crippen LogP contribution in [0, 0.1) is 0 Å². The van der Waals surface area contributed by atoms with Crippen molar-refractivity contribution in [3.63, 3.8) is 0 Å². The minimum absolute atomic E-state index is 0.119. The summed E-state index contributed by atoms with van der Waals surface area (Å²) in [7, 11) is -3.29. The highest BCUT2D eigenvalue weighted by Gasteiger charge is 2.31. The summed E-state index contributed by atoms with van der Waals surface area (Å²) in [6.45, 7) is 8.45. The van der Waals surface area contributed by atoms with Crippen LogP contribution in [0.1, 0.15) is 43.8 Å². The smallest absolute Gasteiger partial charge is 0.230 e. The molecule has 1 aliphatic heterocycles. The standard InChI is InChI=1S/C20H27N3O3S3/c1-13(2)27-16-7-5-15(6-8-16)11-19(24)22-20-21-17-9-10-23(12-18(17)28-20)29(25,26)14(3)4/h5-8,13-14H,9-12H2,1-4H3,(H,21,22,24). The van der Waals surface area contributed by atoms with Crippen molar-refractivity contribution in [3.05, 3.63) is 40.4 Å². The molecule has 2 aromatic rings. The third-order valence-corrected chi connectivity index (χ3v) is 8.79. The number of nitrogens with zero attached hydrogens (tertiary/aromatic N) is 2. The van der Waals surface area contributed by atoms with Crippen molar-refractivity contribution in [2.24, 2.45) is 0 Å². The van der Waals surface area contributed by atoms with Gasteiger partial charge in [-0.15, -0.1) is 23.1 Å². The molecular weight excluding hydrogens is 426 g/mol. The molecule has 0 unspecified atom stereocenters. The van der Waals surface area contributed by atoms with Gasteiger partial charge in [-0.2, -0.15) is 4.31 Å². The van der Waals surface area contributed by atoms with Crippen molar-refractivity contribution >= 4 is 44.2 Å². The van der Waals surface area contributed by atoms with E-state index in [0.29, 0.717) is 29.9 Å². The van der Waals surface area contributed by atoms with Gasteiger partial charge in [0.15, 0.2) is 5.13 Å². The van der Waals surface area contributed by atoms with E-state index >= 15 is 0 Å². The zero-order valence-electron chi connectivity index (χ0n) is 17.1. The molecule has 158 valence electrons. The molecule has 1 aromatic carbocycles. The summed E-state index contributed by atoms with van der Waals surface area (Å²) in [4.78, 5) is 19.0. The number of nitrogens with one attached hydrogen (secondary N) is 1. The van der Waals surface area contributed by atoms with Crippen LogP contribution in [0.3, 0.4) is 0 Å². The zero-order chi connectivity index (χ0) is 21.2. The summed E-state index contributed by atoms with van der Waals surface area (Å²) in [5.41, 5.74) is 1.83. The van der Waals surface area contributed by atoms with Crippen LogP contribution < -0.4 is 5.32 Å². The molecule has 9 heteroatoms. The summed E-state index contributed by atoms with van der Waals surface area (Å²) < 4.78 is 26.3. The second-order valence-electron chi connectivity index (χ2n) is 7.60. The molecule has 0 saturated heterocycles. The number of thioether (sulfide) groups is 1. The molecule has 6 nitrogen and oxygen atoms in total. The van der Waals surface area contributed by atoms with Crippen LogP contribution in [0.4, 0.5) is 5.13 Å². The molecule has 0 bridgehead atoms. The summed E-state index contributed by atoms with van der Waals surface area (Å²) in [6, 6.07) is 8.04. The molecule has 0 saturated carbocycles. The fourth-order valence-electron chi connectivity index (χ4n) is 3.05. The van der Waals surface area contributed by atoms with E-state index in [1.807, 2.05) is 24.3 Å². The number of anilines is 1. The Kier molecular flexibility index (Phi) is 7.03. The van der Waals surface area contributed by atoms with Crippen LogP contribution in [0.15, 0.2) is 29.2 Å². The molecule has 29 heavy (non-hydrogen) atoms. The molecule has 0 fully saturated rings. The first-order chi connectivity index (χ1) is 13.6. The molecular formula is C20H27N3O3S3. The highest BCUT2D eigenvalue weighted by molar-refractivity contribution is 7.99. The van der Waals surface area contributed by atoms with Crippen LogP contribution in [0.5, 0.6) is 0 Å². The third kappa shape index (κ3) is 5.59. The minimum Gasteiger partial charge on any atom is -0.302 e. The lowest BCUT2D eigenvalue weighted by atomic mass is 10.1. The summed E-state index contributed by atoms with van der Waals surface area (Å²) in [5, 5.41) is 3.48. The SMILES string of the molecule is CC(C)Sc1ccc(CC(=O)Nc2nc3c(s2)CN(S(=O)(=O)C(C)C)CC3)cc1. The van der Waals surface area contributed by atoms with Gasteiger partial charge in [-0.3, -0.25) is 4.79 Å². The van der Waals surface area contributed by atoms with Crippen molar-refractivity contribution in [2.75, 3.05) is 11.9 Å². The first kappa shape index (κ1) is 22.3. The monoisotopic (exact) mass is 453 g/mol. The van der Waals surface area contributed by atoms with Crippen LogP contribution in [-0.2, 0) is 34.2 Å². The highest BCUT2D eigenvalue weighted by atomic mass is 32.2. The van der Waals surface area contributed by atoms with Gasteiger partial charge in [-0.1, -0.05) is 26.0 Å². The van der Waals surface area contributed by atoms with E-state index < -0.39 is 15.3 Å². The first-order valence-electron chi connectivity index (χ1n) is 9.68. The van der Waals surface area contributed by atoms with E-state index in [9.17, 15) is 13.2 Å². The quantitative estimate of drug-likeness (QED) is 0.643. The van der Waals surface area contributed by atoms with Crippen molar-refractivity contribution in [1.29, 1.82) is 0 Å². The van der Waals surface area contributed by atoms with Gasteiger partial charge < -0.3 is 5.32 Å². The van der Waals surface area contributed by atoms with Gasteiger partial charge in [0.1, 0.15) is 0 Å². The molecule has 1 aliphatic rings. The number of hydrogen-bond donors (Lipinski definition) is 1. The lowest BCUT2D eigenvalue weighted by Crippen LogP contribution is -2.39. The number of fused-ring (bicyclic) bond motifs is 1. The Hall–Kier alpha value is -1.42. The second kappa shape index (κ2) is 9.16. The fraction of sp³-hybridized carbons (Fsp3) is 0.500. The number of amides is 1. The van der Waals surface area contributed by atoms with Crippen LogP contribution >= 0.6 is 23.1 Å². The third-order valence-electron chi connectivity index (χ3n) is 4.56. The number of rotatable bonds is 7. The molecule has 2 heterocycles. The predicted molar refractivity (Wildman–Crippen MR) is 120 cm³/mol. The molecule has 1 amide bonds. The van der Waals surface area contributed by atoms with E-state index in [0.717, 1.165) is 16.1 Å². The Balaban J connectivity index is 1.61. The molecule has 0 atom stereocenters. The van der Waals surface area contributed by atoms with Crippen molar-refractivity contribution in [1.82, 2.24) is 9.29 Å². The lowest BCUT2D eigenvalue weighted by molar-refractivity contribution is -0.115. The van der Waals surface area contributed by atoms with Crippen molar-refractivity contribution in [2.45, 2.75) is 62.5 Å². The second-order valence-corrected chi connectivity index (χ2v) is 12.8. The Morgan fingerprint density at radius 2 is 1.93 bits per heavy atom. The maximum Gasteiger partial charge on any atom is 0.230 e. The average molecular weight is 454 g/mol. The average Bonchev–Trinajstić information content (AvgIpc) is 3.03. The van der Waals surface area contributed by atoms with Gasteiger partial charge in [0, 0.05) is 34.5 Å². The zero-order valence-corrected chi connectivity index (χ0v) is 19.6. The topological polar surface area (TPSA) is 79.4 Å². The Bertz CT molecular complexity index is 967. The maximum absolute atomic E-state index is 12.4. The summed E-state index contributed by atoms with van der Waals surface area (Å²) in [5.74, 6) is -0.119. The normalized spacial score (nSPS) is 15.0. The Morgan fingerprint density at radius 3 is 2.55 bits per heavy atom. The van der Waals surface area contributed by atoms with Crippen LogP contribution in [0.2, 0.25) is 0 Å². The van der Waals surface area contributed by atoms with Gasteiger partial charge in [0.05, 0.1) is 17.4 Å². The maximum atomic E-state index is 12.4. The van der Waals surface area contributed by atoms with Crippen molar-refractivity contribution in [3.8, 4) is 0 Å². The largest absolute Gasteiger partial charge is 0.302 e. The number of carbonyl (C=O) groups excluding carboxylic acids is 1. The van der Waals surface area contributed by atoms with Gasteiger partial charge in [0.2, 0.25) is 15.9 Å². The molecule has 0 aliphatic carbocycles. The Labute approximate surface area is 181 Å². The summed E-state index contributed by atoms with van der Waals surface area (Å²) in [6.07, 6.45) is 0.855. The number of aromatic nitrogens is 1. The molecule has 3 rings (SSSR count). The fourth-order valence-corrected chi connectivity index (χ4v) is 6.26. The van der Waals surface area contributed by atoms with E-state index in [4.69, 9.17) is 0 Å². The number of hydrogen-bond acceptors (Lipinski definition) is 6. The Morgan fingerprint density at radius 1 is 1.24 bits per heavy atom. The van der Waals surface area contributed by atoms with Gasteiger partial charge >= 0.3 is 0 Å². The molecule has 1 aromatic heterocycles. The van der Waals surface area contributed by atoms with E-state index in [1.54, 1.807) is 25.6 Å². The van der Waals surface area contributed by atoms with Gasteiger partial charge in [0.25, 0.3) is 0 Å². The lowest BCUT2D eigenvalue weighted by Gasteiger charge is -2.26. The van der Waals surface area contributed by atoms with Crippen molar-refractivity contribution < 1.29 is 13.2 Å². The van der Waals surface area contributed by atoms with Gasteiger partial charge in [-0.05, 0) is 31.5 Å². The number of sulfonamides is 1. The van der Waals surface area contributed by atoms with E-state index in [2.05, 4.69) is 24.1 Å². The van der Waals surface area contributed by atoms with Crippen LogP contribution in [-0.4, -0.2) is 40.7 Å². The molecule has 0 radical (unpaired) electrons. The highest BCUT2D eigenvalue weighted by Crippen LogP contribution is 2.30. The number of thiazole rings is 1. The number of carbonyl (C=O) groups is 1. The van der Waals surface area contributed by atoms with Crippen LogP contribution in [0.25, 0.3) is 0 Å².